The molecule has 2 aliphatic carbocycles. The smallest absolute Gasteiger partial charge is 0.333 e. The van der Waals surface area contributed by atoms with Crippen LogP contribution in [0.1, 0.15) is 82.6 Å². The van der Waals surface area contributed by atoms with Crippen LogP contribution >= 0.6 is 0 Å². The van der Waals surface area contributed by atoms with Crippen molar-refractivity contribution in [2.45, 2.75) is 77.0 Å². The van der Waals surface area contributed by atoms with Crippen LogP contribution in [0.25, 0.3) is 0 Å². The number of hydrogen-bond acceptors (Lipinski definition) is 5. The molecule has 0 spiro atoms. The van der Waals surface area contributed by atoms with Gasteiger partial charge in [0.1, 0.15) is 6.07 Å². The van der Waals surface area contributed by atoms with Crippen molar-refractivity contribution in [1.29, 1.82) is 10.5 Å². The molecule has 2 N–H and O–H groups in total. The monoisotopic (exact) mass is 431 g/mol. The molecule has 32 heavy (non-hydrogen) atoms. The van der Waals surface area contributed by atoms with Crippen LogP contribution in [0.4, 0.5) is 0 Å². The van der Waals surface area contributed by atoms with Crippen LogP contribution in [0.15, 0.2) is 52.7 Å². The molecule has 1 aromatic rings. The first-order chi connectivity index (χ1) is 15.6. The number of nitrogens with two attached hydrogens (primary N) is 1. The van der Waals surface area contributed by atoms with Gasteiger partial charge in [0, 0.05) is 5.92 Å². The average Bonchev–Trinajstić information content (AvgIpc) is 2.80. The highest BCUT2D eigenvalue weighted by Crippen LogP contribution is 2.54. The van der Waals surface area contributed by atoms with Gasteiger partial charge in [0.25, 0.3) is 0 Å². The number of benzene rings is 1. The summed E-state index contributed by atoms with van der Waals surface area (Å²) in [7, 11) is 0. The van der Waals surface area contributed by atoms with Gasteiger partial charge in [-0.2, -0.15) is 10.5 Å². The zero-order valence-electron chi connectivity index (χ0n) is 19.0. The molecule has 5 heteroatoms. The van der Waals surface area contributed by atoms with Crippen LogP contribution in [0, 0.1) is 28.1 Å². The third kappa shape index (κ3) is 4.44. The highest BCUT2D eigenvalue weighted by atomic mass is 16.5. The van der Waals surface area contributed by atoms with E-state index in [1.807, 2.05) is 30.3 Å². The second kappa shape index (κ2) is 11.0. The minimum absolute atomic E-state index is 0.0423. The Balaban J connectivity index is 2.26. The maximum atomic E-state index is 13.4. The van der Waals surface area contributed by atoms with E-state index < -0.39 is 17.3 Å². The van der Waals surface area contributed by atoms with Gasteiger partial charge in [0.15, 0.2) is 0 Å². The Morgan fingerprint density at radius 3 is 2.19 bits per heavy atom. The van der Waals surface area contributed by atoms with Crippen LogP contribution in [0.3, 0.4) is 0 Å². The zero-order valence-corrected chi connectivity index (χ0v) is 19.0. The summed E-state index contributed by atoms with van der Waals surface area (Å²) in [6, 6.07) is 14.1. The topological polar surface area (TPSA) is 99.9 Å². The summed E-state index contributed by atoms with van der Waals surface area (Å²) in [5.41, 5.74) is 7.98. The van der Waals surface area contributed by atoms with Crippen molar-refractivity contribution < 1.29 is 9.53 Å². The molecule has 0 amide bonds. The second-order valence-electron chi connectivity index (χ2n) is 8.72. The lowest BCUT2D eigenvalue weighted by Crippen LogP contribution is -2.46. The fourth-order valence-electron chi connectivity index (χ4n) is 5.24. The van der Waals surface area contributed by atoms with Crippen molar-refractivity contribution in [2.75, 3.05) is 6.61 Å². The van der Waals surface area contributed by atoms with Gasteiger partial charge >= 0.3 is 5.97 Å². The molecule has 2 atom stereocenters. The van der Waals surface area contributed by atoms with E-state index >= 15 is 0 Å². The van der Waals surface area contributed by atoms with Crippen molar-refractivity contribution in [3.8, 4) is 12.1 Å². The van der Waals surface area contributed by atoms with Crippen LogP contribution in [0.5, 0.6) is 0 Å². The van der Waals surface area contributed by atoms with Crippen molar-refractivity contribution in [2.24, 2.45) is 11.1 Å². The number of nitriles is 2. The molecular formula is C27H33N3O2. The first-order valence-electron chi connectivity index (χ1n) is 11.9. The SMILES string of the molecule is CCOC(=O)[C@@]1(C#N)C(N)=C(C#N)C2=C(CCCCCCCCCC2)[C@H]1c1ccccc1. The first-order valence-corrected chi connectivity index (χ1v) is 11.9. The summed E-state index contributed by atoms with van der Waals surface area (Å²) < 4.78 is 5.40. The van der Waals surface area contributed by atoms with E-state index in [0.717, 1.165) is 55.2 Å². The lowest BCUT2D eigenvalue weighted by molar-refractivity contribution is -0.151. The Kier molecular flexibility index (Phi) is 8.12. The number of allylic oxidation sites excluding steroid dienone is 3. The molecular weight excluding hydrogens is 398 g/mol. The molecule has 0 saturated heterocycles. The summed E-state index contributed by atoms with van der Waals surface area (Å²) in [6.45, 7) is 1.86. The molecule has 0 aromatic heterocycles. The van der Waals surface area contributed by atoms with Crippen LogP contribution in [0.2, 0.25) is 0 Å². The van der Waals surface area contributed by atoms with Crippen molar-refractivity contribution in [3.63, 3.8) is 0 Å². The number of carbonyl (C=O) groups excluding carboxylic acids is 1. The standard InChI is InChI=1S/C27H33N3O2/c1-2-32-26(31)27(19-29)24(20-14-10-9-11-15-20)22-17-13-8-6-4-3-5-7-12-16-21(22)23(18-28)25(27)30/h9-11,14-15,24H,2-8,12-13,16-17,30H2,1H3/t24-,27-/m1/s1. The average molecular weight is 432 g/mol. The summed E-state index contributed by atoms with van der Waals surface area (Å²) in [6.07, 6.45) is 10.5. The fourth-order valence-corrected chi connectivity index (χ4v) is 5.24. The molecule has 0 unspecified atom stereocenters. The number of hydrogen-bond donors (Lipinski definition) is 1. The third-order valence-corrected chi connectivity index (χ3v) is 6.81. The number of nitrogens with zero attached hydrogens (tertiary/aromatic N) is 2. The Morgan fingerprint density at radius 1 is 1.03 bits per heavy atom. The van der Waals surface area contributed by atoms with Gasteiger partial charge in [-0.3, -0.25) is 0 Å². The van der Waals surface area contributed by atoms with Crippen LogP contribution in [-0.2, 0) is 9.53 Å². The molecule has 3 rings (SSSR count). The van der Waals surface area contributed by atoms with E-state index in [1.165, 1.54) is 25.7 Å². The fraction of sp³-hybridized carbons (Fsp3) is 0.519. The van der Waals surface area contributed by atoms with Gasteiger partial charge in [-0.05, 0) is 43.7 Å². The molecule has 0 bridgehead atoms. The van der Waals surface area contributed by atoms with E-state index in [1.54, 1.807) is 6.92 Å². The molecule has 2 aliphatic rings. The number of esters is 1. The minimum Gasteiger partial charge on any atom is -0.464 e. The highest BCUT2D eigenvalue weighted by molar-refractivity contribution is 5.88. The largest absolute Gasteiger partial charge is 0.464 e. The summed E-state index contributed by atoms with van der Waals surface area (Å²) >= 11 is 0. The van der Waals surface area contributed by atoms with Gasteiger partial charge in [-0.15, -0.1) is 0 Å². The Hall–Kier alpha value is -3.05. The quantitative estimate of drug-likeness (QED) is 0.609. The predicted molar refractivity (Wildman–Crippen MR) is 124 cm³/mol. The van der Waals surface area contributed by atoms with Crippen molar-refractivity contribution in [3.05, 3.63) is 58.3 Å². The Labute approximate surface area is 191 Å². The van der Waals surface area contributed by atoms with E-state index in [9.17, 15) is 15.3 Å². The van der Waals surface area contributed by atoms with Crippen LogP contribution in [-0.4, -0.2) is 12.6 Å². The second-order valence-corrected chi connectivity index (χ2v) is 8.72. The van der Waals surface area contributed by atoms with Gasteiger partial charge in [0.05, 0.1) is 23.9 Å². The maximum Gasteiger partial charge on any atom is 0.333 e. The molecule has 0 aliphatic heterocycles. The molecule has 1 aromatic carbocycles. The Bertz CT molecular complexity index is 965. The van der Waals surface area contributed by atoms with E-state index in [4.69, 9.17) is 10.5 Å². The molecule has 0 radical (unpaired) electrons. The van der Waals surface area contributed by atoms with Crippen molar-refractivity contribution in [1.82, 2.24) is 0 Å². The lowest BCUT2D eigenvalue weighted by Gasteiger charge is -2.40. The number of ether oxygens (including phenoxy) is 1. The zero-order chi connectivity index (χ0) is 23.0. The number of carbonyl (C=O) groups is 1. The highest BCUT2D eigenvalue weighted by Gasteiger charge is 2.56. The molecule has 168 valence electrons. The molecule has 0 heterocycles. The molecule has 0 saturated carbocycles. The van der Waals surface area contributed by atoms with E-state index in [0.29, 0.717) is 5.57 Å². The minimum atomic E-state index is -1.74. The van der Waals surface area contributed by atoms with E-state index in [2.05, 4.69) is 12.1 Å². The summed E-state index contributed by atoms with van der Waals surface area (Å²) in [5.74, 6) is -1.22. The molecule has 0 fully saturated rings. The predicted octanol–water partition coefficient (Wildman–Crippen LogP) is 5.80. The van der Waals surface area contributed by atoms with Gasteiger partial charge in [0.2, 0.25) is 5.41 Å². The number of rotatable bonds is 3. The third-order valence-electron chi connectivity index (χ3n) is 6.81. The first kappa shape index (κ1) is 23.6. The van der Waals surface area contributed by atoms with E-state index in [-0.39, 0.29) is 12.3 Å². The normalized spacial score (nSPS) is 24.9. The summed E-state index contributed by atoms with van der Waals surface area (Å²) in [5, 5.41) is 20.6. The maximum absolute atomic E-state index is 13.4. The van der Waals surface area contributed by atoms with Crippen LogP contribution < -0.4 is 5.73 Å². The lowest BCUT2D eigenvalue weighted by atomic mass is 9.60. The summed E-state index contributed by atoms with van der Waals surface area (Å²) in [4.78, 5) is 13.4. The van der Waals surface area contributed by atoms with Gasteiger partial charge in [-0.25, -0.2) is 4.79 Å². The molecule has 5 nitrogen and oxygen atoms in total. The van der Waals surface area contributed by atoms with Gasteiger partial charge < -0.3 is 10.5 Å². The Morgan fingerprint density at radius 2 is 1.62 bits per heavy atom. The van der Waals surface area contributed by atoms with Crippen molar-refractivity contribution >= 4 is 5.97 Å². The van der Waals surface area contributed by atoms with Gasteiger partial charge in [-0.1, -0.05) is 74.4 Å².